The van der Waals surface area contributed by atoms with Gasteiger partial charge >= 0.3 is 0 Å². The van der Waals surface area contributed by atoms with E-state index in [1.165, 1.54) is 0 Å². The third kappa shape index (κ3) is 5.19. The second-order valence-electron chi connectivity index (χ2n) is 5.54. The van der Waals surface area contributed by atoms with Crippen LogP contribution in [0.4, 0.5) is 5.69 Å². The van der Waals surface area contributed by atoms with Crippen LogP contribution in [0.5, 0.6) is 11.5 Å². The Balaban J connectivity index is 2.11. The van der Waals surface area contributed by atoms with E-state index in [0.717, 1.165) is 23.1 Å². The van der Waals surface area contributed by atoms with Crippen molar-refractivity contribution < 1.29 is 19.1 Å². The molecule has 0 aliphatic rings. The summed E-state index contributed by atoms with van der Waals surface area (Å²) >= 11 is 2.06. The fourth-order valence-corrected chi connectivity index (χ4v) is 3.03. The summed E-state index contributed by atoms with van der Waals surface area (Å²) in [5.41, 5.74) is 3.32. The van der Waals surface area contributed by atoms with Crippen LogP contribution in [-0.2, 0) is 4.79 Å². The van der Waals surface area contributed by atoms with E-state index >= 15 is 0 Å². The van der Waals surface area contributed by atoms with Gasteiger partial charge in [-0.25, -0.2) is 0 Å². The van der Waals surface area contributed by atoms with Crippen LogP contribution in [0.2, 0.25) is 0 Å². The maximum absolute atomic E-state index is 12.2. The molecule has 0 spiro atoms. The number of hydrogen-bond acceptors (Lipinski definition) is 4. The molecule has 5 nitrogen and oxygen atoms in total. The SMILES string of the molecule is CCOc1cc(C=O)cc(I)c1OCC(=O)Nc1cc(C)ccc1C. The Kier molecular flexibility index (Phi) is 6.81. The molecule has 0 aliphatic carbocycles. The Bertz CT molecular complexity index is 789. The van der Waals surface area contributed by atoms with Gasteiger partial charge in [0.05, 0.1) is 10.2 Å². The molecule has 1 amide bonds. The van der Waals surface area contributed by atoms with E-state index in [9.17, 15) is 9.59 Å². The first-order chi connectivity index (χ1) is 11.9. The van der Waals surface area contributed by atoms with Crippen LogP contribution < -0.4 is 14.8 Å². The minimum absolute atomic E-state index is 0.149. The fraction of sp³-hybridized carbons (Fsp3) is 0.263. The highest BCUT2D eigenvalue weighted by atomic mass is 127. The molecular weight excluding hydrogens is 433 g/mol. The molecule has 2 rings (SSSR count). The molecule has 0 saturated heterocycles. The van der Waals surface area contributed by atoms with E-state index in [-0.39, 0.29) is 12.5 Å². The van der Waals surface area contributed by atoms with E-state index in [1.807, 2.05) is 39.0 Å². The molecule has 0 aromatic heterocycles. The topological polar surface area (TPSA) is 64.6 Å². The number of halogens is 1. The number of amides is 1. The van der Waals surface area contributed by atoms with E-state index in [2.05, 4.69) is 27.9 Å². The third-order valence-corrected chi connectivity index (χ3v) is 4.28. The monoisotopic (exact) mass is 453 g/mol. The van der Waals surface area contributed by atoms with Crippen molar-refractivity contribution in [3.63, 3.8) is 0 Å². The van der Waals surface area contributed by atoms with Gasteiger partial charge in [-0.1, -0.05) is 12.1 Å². The van der Waals surface area contributed by atoms with E-state index < -0.39 is 0 Å². The number of hydrogen-bond donors (Lipinski definition) is 1. The van der Waals surface area contributed by atoms with Crippen LogP contribution in [-0.4, -0.2) is 25.4 Å². The summed E-state index contributed by atoms with van der Waals surface area (Å²) in [4.78, 5) is 23.2. The normalized spacial score (nSPS) is 10.2. The number of carbonyl (C=O) groups is 2. The van der Waals surface area contributed by atoms with Gasteiger partial charge < -0.3 is 14.8 Å². The van der Waals surface area contributed by atoms with Crippen LogP contribution in [0.15, 0.2) is 30.3 Å². The van der Waals surface area contributed by atoms with Crippen molar-refractivity contribution in [3.8, 4) is 11.5 Å². The van der Waals surface area contributed by atoms with Gasteiger partial charge in [0.1, 0.15) is 6.29 Å². The average Bonchev–Trinajstić information content (AvgIpc) is 2.57. The Morgan fingerprint density at radius 1 is 1.20 bits per heavy atom. The first-order valence-corrected chi connectivity index (χ1v) is 8.94. The van der Waals surface area contributed by atoms with Gasteiger partial charge in [0.2, 0.25) is 0 Å². The molecule has 2 aromatic carbocycles. The highest BCUT2D eigenvalue weighted by Gasteiger charge is 2.14. The summed E-state index contributed by atoms with van der Waals surface area (Å²) in [5, 5.41) is 2.85. The van der Waals surface area contributed by atoms with Crippen molar-refractivity contribution in [3.05, 3.63) is 50.6 Å². The molecule has 6 heteroatoms. The Labute approximate surface area is 160 Å². The van der Waals surface area contributed by atoms with Crippen LogP contribution >= 0.6 is 22.6 Å². The first-order valence-electron chi connectivity index (χ1n) is 7.86. The summed E-state index contributed by atoms with van der Waals surface area (Å²) in [6, 6.07) is 9.17. The number of aldehydes is 1. The van der Waals surface area contributed by atoms with E-state index in [1.54, 1.807) is 12.1 Å². The van der Waals surface area contributed by atoms with E-state index in [0.29, 0.717) is 27.2 Å². The standard InChI is InChI=1S/C19H20INO4/c1-4-24-17-9-14(10-22)8-15(20)19(17)25-11-18(23)21-16-7-12(2)5-6-13(16)3/h5-10H,4,11H2,1-3H3,(H,21,23). The minimum Gasteiger partial charge on any atom is -0.490 e. The molecule has 25 heavy (non-hydrogen) atoms. The minimum atomic E-state index is -0.258. The molecule has 0 saturated carbocycles. The molecule has 132 valence electrons. The highest BCUT2D eigenvalue weighted by molar-refractivity contribution is 14.1. The predicted molar refractivity (Wildman–Crippen MR) is 106 cm³/mol. The summed E-state index contributed by atoms with van der Waals surface area (Å²) in [6.45, 7) is 6.03. The van der Waals surface area contributed by atoms with Crippen LogP contribution in [0.1, 0.15) is 28.4 Å². The zero-order valence-corrected chi connectivity index (χ0v) is 16.5. The zero-order chi connectivity index (χ0) is 18.4. The van der Waals surface area contributed by atoms with Crippen LogP contribution in [0, 0.1) is 17.4 Å². The largest absolute Gasteiger partial charge is 0.490 e. The smallest absolute Gasteiger partial charge is 0.262 e. The molecule has 0 fully saturated rings. The molecule has 0 unspecified atom stereocenters. The second-order valence-corrected chi connectivity index (χ2v) is 6.70. The number of nitrogens with one attached hydrogen (secondary N) is 1. The number of carbonyl (C=O) groups excluding carboxylic acids is 2. The van der Waals surface area contributed by atoms with Gasteiger partial charge in [-0.3, -0.25) is 9.59 Å². The van der Waals surface area contributed by atoms with Gasteiger partial charge in [-0.2, -0.15) is 0 Å². The van der Waals surface area contributed by atoms with Crippen LogP contribution in [0.3, 0.4) is 0 Å². The number of benzene rings is 2. The molecule has 0 aliphatic heterocycles. The van der Waals surface area contributed by atoms with Crippen molar-refractivity contribution in [2.45, 2.75) is 20.8 Å². The summed E-state index contributed by atoms with van der Waals surface area (Å²) in [6.07, 6.45) is 0.752. The van der Waals surface area contributed by atoms with E-state index in [4.69, 9.17) is 9.47 Å². The lowest BCUT2D eigenvalue weighted by Gasteiger charge is -2.15. The number of ether oxygens (including phenoxy) is 2. The van der Waals surface area contributed by atoms with Crippen molar-refractivity contribution >= 4 is 40.5 Å². The lowest BCUT2D eigenvalue weighted by atomic mass is 10.1. The highest BCUT2D eigenvalue weighted by Crippen LogP contribution is 2.34. The summed E-state index contributed by atoms with van der Waals surface area (Å²) in [5.74, 6) is 0.659. The Morgan fingerprint density at radius 2 is 1.96 bits per heavy atom. The summed E-state index contributed by atoms with van der Waals surface area (Å²) in [7, 11) is 0. The van der Waals surface area contributed by atoms with Gasteiger partial charge in [0.25, 0.3) is 5.91 Å². The van der Waals surface area contributed by atoms with Crippen molar-refractivity contribution in [2.24, 2.45) is 0 Å². The third-order valence-electron chi connectivity index (χ3n) is 3.48. The molecule has 0 heterocycles. The average molecular weight is 453 g/mol. The van der Waals surface area contributed by atoms with Gasteiger partial charge in [-0.15, -0.1) is 0 Å². The molecule has 2 aromatic rings. The van der Waals surface area contributed by atoms with Crippen LogP contribution in [0.25, 0.3) is 0 Å². The quantitative estimate of drug-likeness (QED) is 0.506. The number of aryl methyl sites for hydroxylation is 2. The lowest BCUT2D eigenvalue weighted by molar-refractivity contribution is -0.118. The predicted octanol–water partition coefficient (Wildman–Crippen LogP) is 4.14. The molecule has 1 N–H and O–H groups in total. The van der Waals surface area contributed by atoms with Crippen molar-refractivity contribution in [1.82, 2.24) is 0 Å². The molecule has 0 atom stereocenters. The Morgan fingerprint density at radius 3 is 2.64 bits per heavy atom. The second kappa shape index (κ2) is 8.84. The maximum atomic E-state index is 12.2. The van der Waals surface area contributed by atoms with Gasteiger partial charge in [0, 0.05) is 11.3 Å². The van der Waals surface area contributed by atoms with Crippen molar-refractivity contribution in [2.75, 3.05) is 18.5 Å². The lowest BCUT2D eigenvalue weighted by Crippen LogP contribution is -2.21. The zero-order valence-electron chi connectivity index (χ0n) is 14.4. The summed E-state index contributed by atoms with van der Waals surface area (Å²) < 4.78 is 11.9. The number of anilines is 1. The first kappa shape index (κ1) is 19.2. The molecule has 0 radical (unpaired) electrons. The molecule has 0 bridgehead atoms. The Hall–Kier alpha value is -2.09. The fourth-order valence-electron chi connectivity index (χ4n) is 2.25. The number of rotatable bonds is 7. The van der Waals surface area contributed by atoms with Gasteiger partial charge in [0.15, 0.2) is 18.1 Å². The maximum Gasteiger partial charge on any atom is 0.262 e. The van der Waals surface area contributed by atoms with Gasteiger partial charge in [-0.05, 0) is 72.7 Å². The molecular formula is C19H20INO4. The van der Waals surface area contributed by atoms with Crippen molar-refractivity contribution in [1.29, 1.82) is 0 Å².